The second-order valence-electron chi connectivity index (χ2n) is 5.34. The van der Waals surface area contributed by atoms with E-state index in [1.165, 1.54) is 0 Å². The van der Waals surface area contributed by atoms with E-state index in [-0.39, 0.29) is 18.2 Å². The van der Waals surface area contributed by atoms with Gasteiger partial charge in [-0.25, -0.2) is 0 Å². The zero-order chi connectivity index (χ0) is 14.4. The zero-order valence-electron chi connectivity index (χ0n) is 12.1. The standard InChI is InChI=1S/C16H22N2O2/c1-12(2)20-14-7-5-13(6-8-14)16(10-17)18-11-15-4-3-9-19-15/h5-8,12,15-16,18H,3-4,9,11H2,1-2H3. The summed E-state index contributed by atoms with van der Waals surface area (Å²) >= 11 is 0. The molecule has 108 valence electrons. The molecule has 2 rings (SSSR count). The summed E-state index contributed by atoms with van der Waals surface area (Å²) in [6, 6.07) is 9.69. The van der Waals surface area contributed by atoms with E-state index in [1.54, 1.807) is 0 Å². The summed E-state index contributed by atoms with van der Waals surface area (Å²) in [5.74, 6) is 0.833. The molecule has 0 saturated carbocycles. The Morgan fingerprint density at radius 1 is 1.40 bits per heavy atom. The molecule has 1 aromatic rings. The van der Waals surface area contributed by atoms with Crippen molar-refractivity contribution < 1.29 is 9.47 Å². The van der Waals surface area contributed by atoms with Crippen molar-refractivity contribution in [3.63, 3.8) is 0 Å². The molecule has 0 bridgehead atoms. The molecule has 20 heavy (non-hydrogen) atoms. The fourth-order valence-corrected chi connectivity index (χ4v) is 2.30. The van der Waals surface area contributed by atoms with Crippen LogP contribution in [0.25, 0.3) is 0 Å². The molecule has 0 spiro atoms. The number of benzene rings is 1. The van der Waals surface area contributed by atoms with Crippen LogP contribution in [0.15, 0.2) is 24.3 Å². The minimum absolute atomic E-state index is 0.158. The van der Waals surface area contributed by atoms with Crippen LogP contribution in [-0.4, -0.2) is 25.4 Å². The predicted molar refractivity (Wildman–Crippen MR) is 77.5 cm³/mol. The van der Waals surface area contributed by atoms with E-state index in [9.17, 15) is 5.26 Å². The van der Waals surface area contributed by atoms with Crippen LogP contribution in [0.4, 0.5) is 0 Å². The van der Waals surface area contributed by atoms with Crippen LogP contribution < -0.4 is 10.1 Å². The van der Waals surface area contributed by atoms with Crippen molar-refractivity contribution in [2.45, 2.75) is 44.9 Å². The van der Waals surface area contributed by atoms with Crippen molar-refractivity contribution in [3.8, 4) is 11.8 Å². The van der Waals surface area contributed by atoms with E-state index in [0.29, 0.717) is 0 Å². The van der Waals surface area contributed by atoms with Gasteiger partial charge in [0.25, 0.3) is 0 Å². The predicted octanol–water partition coefficient (Wildman–Crippen LogP) is 2.81. The van der Waals surface area contributed by atoms with Gasteiger partial charge in [-0.2, -0.15) is 5.26 Å². The first kappa shape index (κ1) is 14.8. The fraction of sp³-hybridized carbons (Fsp3) is 0.562. The van der Waals surface area contributed by atoms with E-state index in [2.05, 4.69) is 11.4 Å². The molecule has 1 saturated heterocycles. The Hall–Kier alpha value is -1.57. The monoisotopic (exact) mass is 274 g/mol. The summed E-state index contributed by atoms with van der Waals surface area (Å²) in [5, 5.41) is 12.5. The lowest BCUT2D eigenvalue weighted by Gasteiger charge is -2.16. The Bertz CT molecular complexity index is 445. The maximum Gasteiger partial charge on any atom is 0.121 e. The highest BCUT2D eigenvalue weighted by Gasteiger charge is 2.18. The number of hydrogen-bond donors (Lipinski definition) is 1. The van der Waals surface area contributed by atoms with Gasteiger partial charge in [0.1, 0.15) is 11.8 Å². The molecule has 1 aliphatic heterocycles. The third-order valence-electron chi connectivity index (χ3n) is 3.29. The van der Waals surface area contributed by atoms with Crippen LogP contribution in [0.5, 0.6) is 5.75 Å². The van der Waals surface area contributed by atoms with Gasteiger partial charge >= 0.3 is 0 Å². The molecular formula is C16H22N2O2. The highest BCUT2D eigenvalue weighted by atomic mass is 16.5. The molecule has 2 unspecified atom stereocenters. The number of nitriles is 1. The van der Waals surface area contributed by atoms with Gasteiger partial charge in [0.05, 0.1) is 18.3 Å². The Labute approximate surface area is 120 Å². The third kappa shape index (κ3) is 4.22. The van der Waals surface area contributed by atoms with Gasteiger partial charge in [-0.1, -0.05) is 12.1 Å². The minimum atomic E-state index is -0.299. The summed E-state index contributed by atoms with van der Waals surface area (Å²) in [5.41, 5.74) is 0.960. The normalized spacial score (nSPS) is 19.8. The van der Waals surface area contributed by atoms with Crippen molar-refractivity contribution in [1.82, 2.24) is 5.32 Å². The average molecular weight is 274 g/mol. The Balaban J connectivity index is 1.91. The van der Waals surface area contributed by atoms with Crippen LogP contribution in [-0.2, 0) is 4.74 Å². The van der Waals surface area contributed by atoms with Gasteiger partial charge in [-0.15, -0.1) is 0 Å². The highest BCUT2D eigenvalue weighted by molar-refractivity contribution is 5.31. The second-order valence-corrected chi connectivity index (χ2v) is 5.34. The average Bonchev–Trinajstić information content (AvgIpc) is 2.94. The van der Waals surface area contributed by atoms with E-state index in [4.69, 9.17) is 9.47 Å². The maximum atomic E-state index is 9.28. The van der Waals surface area contributed by atoms with Crippen molar-refractivity contribution >= 4 is 0 Å². The van der Waals surface area contributed by atoms with Gasteiger partial charge in [-0.05, 0) is 44.4 Å². The lowest BCUT2D eigenvalue weighted by atomic mass is 10.1. The molecule has 0 aromatic heterocycles. The maximum absolute atomic E-state index is 9.28. The molecule has 1 aliphatic rings. The van der Waals surface area contributed by atoms with Crippen LogP contribution >= 0.6 is 0 Å². The summed E-state index contributed by atoms with van der Waals surface area (Å²) in [6.45, 7) is 5.55. The molecular weight excluding hydrogens is 252 g/mol. The Morgan fingerprint density at radius 2 is 2.15 bits per heavy atom. The molecule has 1 heterocycles. The fourth-order valence-electron chi connectivity index (χ4n) is 2.30. The van der Waals surface area contributed by atoms with Crippen LogP contribution in [0.2, 0.25) is 0 Å². The molecule has 2 atom stereocenters. The van der Waals surface area contributed by atoms with Crippen LogP contribution in [0, 0.1) is 11.3 Å². The van der Waals surface area contributed by atoms with Gasteiger partial charge < -0.3 is 9.47 Å². The van der Waals surface area contributed by atoms with Crippen LogP contribution in [0.3, 0.4) is 0 Å². The van der Waals surface area contributed by atoms with Gasteiger partial charge in [-0.3, -0.25) is 5.32 Å². The number of ether oxygens (including phenoxy) is 2. The molecule has 1 fully saturated rings. The quantitative estimate of drug-likeness (QED) is 0.866. The first-order valence-electron chi connectivity index (χ1n) is 7.20. The SMILES string of the molecule is CC(C)Oc1ccc(C(C#N)NCC2CCCO2)cc1. The zero-order valence-corrected chi connectivity index (χ0v) is 12.1. The van der Waals surface area contributed by atoms with Crippen molar-refractivity contribution in [2.75, 3.05) is 13.2 Å². The molecule has 0 aliphatic carbocycles. The van der Waals surface area contributed by atoms with E-state index in [1.807, 2.05) is 38.1 Å². The van der Waals surface area contributed by atoms with Gasteiger partial charge in [0.15, 0.2) is 0 Å². The number of hydrogen-bond acceptors (Lipinski definition) is 4. The molecule has 4 heteroatoms. The molecule has 1 N–H and O–H groups in total. The topological polar surface area (TPSA) is 54.3 Å². The number of nitrogens with one attached hydrogen (secondary N) is 1. The second kappa shape index (κ2) is 7.28. The molecule has 0 amide bonds. The largest absolute Gasteiger partial charge is 0.491 e. The molecule has 0 radical (unpaired) electrons. The summed E-state index contributed by atoms with van der Waals surface area (Å²) in [6.07, 6.45) is 2.59. The Kier molecular flexibility index (Phi) is 5.40. The lowest BCUT2D eigenvalue weighted by molar-refractivity contribution is 0.109. The van der Waals surface area contributed by atoms with Crippen molar-refractivity contribution in [1.29, 1.82) is 5.26 Å². The van der Waals surface area contributed by atoms with Crippen molar-refractivity contribution in [2.24, 2.45) is 0 Å². The summed E-state index contributed by atoms with van der Waals surface area (Å²) in [7, 11) is 0. The van der Waals surface area contributed by atoms with E-state index < -0.39 is 0 Å². The first-order valence-corrected chi connectivity index (χ1v) is 7.20. The smallest absolute Gasteiger partial charge is 0.121 e. The Morgan fingerprint density at radius 3 is 2.70 bits per heavy atom. The van der Waals surface area contributed by atoms with Gasteiger partial charge in [0.2, 0.25) is 0 Å². The first-order chi connectivity index (χ1) is 9.69. The molecule has 4 nitrogen and oxygen atoms in total. The van der Waals surface area contributed by atoms with Crippen molar-refractivity contribution in [3.05, 3.63) is 29.8 Å². The van der Waals surface area contributed by atoms with E-state index in [0.717, 1.165) is 37.3 Å². The third-order valence-corrected chi connectivity index (χ3v) is 3.29. The summed E-state index contributed by atoms with van der Waals surface area (Å²) in [4.78, 5) is 0. The molecule has 1 aromatic carbocycles. The van der Waals surface area contributed by atoms with E-state index >= 15 is 0 Å². The lowest BCUT2D eigenvalue weighted by Crippen LogP contribution is -2.29. The summed E-state index contributed by atoms with van der Waals surface area (Å²) < 4.78 is 11.2. The minimum Gasteiger partial charge on any atom is -0.491 e. The number of rotatable bonds is 6. The number of nitrogens with zero attached hydrogens (tertiary/aromatic N) is 1. The van der Waals surface area contributed by atoms with Gasteiger partial charge in [0, 0.05) is 13.2 Å². The highest BCUT2D eigenvalue weighted by Crippen LogP contribution is 2.19. The van der Waals surface area contributed by atoms with Crippen LogP contribution in [0.1, 0.15) is 38.3 Å².